The third kappa shape index (κ3) is 5.89. The smallest absolute Gasteiger partial charge is 0.0369 e. The topological polar surface area (TPSA) is 114 Å². The van der Waals surface area contributed by atoms with Gasteiger partial charge < -0.3 is 33.2 Å². The molecule has 9 unspecified atom stereocenters. The SMILES string of the molecule is CC(C)(CNC1C2CC3CC1C(CC(NC1CC1)(C1CC1)C(N)C1C4CC5CC(C4)CC1C5)C(CC(N)C(N)(C1CC1)C1CC1)(C3)C2)NC1CC1. The Morgan fingerprint density at radius 3 is 1.84 bits per heavy atom. The third-order valence-electron chi connectivity index (χ3n) is 18.9. The molecule has 0 heterocycles. The fourth-order valence-electron chi connectivity index (χ4n) is 16.5. The van der Waals surface area contributed by atoms with Crippen LogP contribution in [0.1, 0.15) is 149 Å². The number of hydrogen-bond acceptors (Lipinski definition) is 6. The molecule has 0 radical (unpaired) electrons. The lowest BCUT2D eigenvalue weighted by Crippen LogP contribution is -2.71. The fourth-order valence-corrected chi connectivity index (χ4v) is 16.5. The number of nitrogens with two attached hydrogens (primary N) is 3. The standard InChI is InChI=1S/C45H76N6/c1-42(2,50-34-9-10-34)24-49-40-30-18-27-19-36(40)37(43(20-27,21-30)23-38(46)45(48,32-5-6-32)33-7-8-33)22-44(31-3-4-31,51-35-11-12-35)41(47)39-28-14-25-13-26(16-28)17-29(39)15-25/h25-41,49-51H,3-24,46-48H2,1-2H3. The average Bonchev–Trinajstić information content (AvgIpc) is 3.87. The molecule has 0 spiro atoms. The molecule has 0 aromatic carbocycles. The van der Waals surface area contributed by atoms with Gasteiger partial charge >= 0.3 is 0 Å². The van der Waals surface area contributed by atoms with Crippen LogP contribution in [0.15, 0.2) is 0 Å². The summed E-state index contributed by atoms with van der Waals surface area (Å²) in [5.74, 6) is 9.79. The minimum atomic E-state index is -0.124. The lowest BCUT2D eigenvalue weighted by atomic mass is 9.40. The molecule has 0 aromatic rings. The van der Waals surface area contributed by atoms with Crippen molar-refractivity contribution in [1.29, 1.82) is 0 Å². The highest BCUT2D eigenvalue weighted by atomic mass is 15.1. The molecule has 13 aliphatic carbocycles. The molecule has 0 aromatic heterocycles. The van der Waals surface area contributed by atoms with Crippen molar-refractivity contribution in [1.82, 2.24) is 16.0 Å². The average molecular weight is 701 g/mol. The van der Waals surface area contributed by atoms with E-state index in [9.17, 15) is 0 Å². The molecule has 13 fully saturated rings. The van der Waals surface area contributed by atoms with Crippen molar-refractivity contribution < 1.29 is 0 Å². The van der Waals surface area contributed by atoms with E-state index in [1.54, 1.807) is 0 Å². The Labute approximate surface area is 310 Å². The maximum absolute atomic E-state index is 8.08. The van der Waals surface area contributed by atoms with Crippen LogP contribution < -0.4 is 33.2 Å². The first-order valence-corrected chi connectivity index (χ1v) is 23.1. The molecule has 0 amide bonds. The fraction of sp³-hybridized carbons (Fsp3) is 1.00. The Kier molecular flexibility index (Phi) is 7.94. The molecule has 13 rings (SSSR count). The van der Waals surface area contributed by atoms with Crippen molar-refractivity contribution in [2.45, 2.75) is 196 Å². The van der Waals surface area contributed by atoms with Crippen LogP contribution in [0.4, 0.5) is 0 Å². The molecule has 0 aliphatic heterocycles. The summed E-state index contributed by atoms with van der Waals surface area (Å²) in [6.45, 7) is 5.98. The summed E-state index contributed by atoms with van der Waals surface area (Å²) in [7, 11) is 0. The lowest BCUT2D eigenvalue weighted by molar-refractivity contribution is -0.153. The maximum Gasteiger partial charge on any atom is 0.0369 e. The van der Waals surface area contributed by atoms with Gasteiger partial charge in [0.1, 0.15) is 0 Å². The Morgan fingerprint density at radius 1 is 0.667 bits per heavy atom. The van der Waals surface area contributed by atoms with Gasteiger partial charge in [-0.05, 0) is 225 Å². The zero-order chi connectivity index (χ0) is 34.5. The second kappa shape index (κ2) is 11.9. The molecule has 9 N–H and O–H groups in total. The highest BCUT2D eigenvalue weighted by Gasteiger charge is 2.67. The molecule has 6 heteroatoms. The normalized spacial score (nSPS) is 46.8. The van der Waals surface area contributed by atoms with Crippen LogP contribution in [-0.2, 0) is 0 Å². The van der Waals surface area contributed by atoms with Crippen molar-refractivity contribution in [3.63, 3.8) is 0 Å². The van der Waals surface area contributed by atoms with Crippen molar-refractivity contribution >= 4 is 0 Å². The minimum absolute atomic E-state index is 0.0997. The van der Waals surface area contributed by atoms with Crippen LogP contribution in [0.3, 0.4) is 0 Å². The van der Waals surface area contributed by atoms with Gasteiger partial charge in [-0.2, -0.15) is 0 Å². The van der Waals surface area contributed by atoms with Crippen LogP contribution in [0.5, 0.6) is 0 Å². The van der Waals surface area contributed by atoms with Gasteiger partial charge in [0.05, 0.1) is 0 Å². The van der Waals surface area contributed by atoms with E-state index in [4.69, 9.17) is 17.2 Å². The van der Waals surface area contributed by atoms with Crippen LogP contribution in [0.2, 0.25) is 0 Å². The van der Waals surface area contributed by atoms with E-state index in [1.165, 1.54) is 135 Å². The monoisotopic (exact) mass is 701 g/mol. The van der Waals surface area contributed by atoms with E-state index in [1.807, 2.05) is 0 Å². The van der Waals surface area contributed by atoms with Gasteiger partial charge in [-0.15, -0.1) is 0 Å². The predicted molar refractivity (Wildman–Crippen MR) is 207 cm³/mol. The van der Waals surface area contributed by atoms with Crippen LogP contribution in [0, 0.1) is 76.4 Å². The summed E-state index contributed by atoms with van der Waals surface area (Å²) < 4.78 is 0. The molecule has 9 atom stereocenters. The van der Waals surface area contributed by atoms with Crippen LogP contribution in [0.25, 0.3) is 0 Å². The van der Waals surface area contributed by atoms with Crippen molar-refractivity contribution in [2.24, 2.45) is 93.6 Å². The zero-order valence-electron chi connectivity index (χ0n) is 32.6. The molecule has 8 bridgehead atoms. The van der Waals surface area contributed by atoms with E-state index in [-0.39, 0.29) is 22.7 Å². The van der Waals surface area contributed by atoms with Gasteiger partial charge in [0.2, 0.25) is 0 Å². The second-order valence-electron chi connectivity index (χ2n) is 23.2. The van der Waals surface area contributed by atoms with Gasteiger partial charge in [0, 0.05) is 53.4 Å². The predicted octanol–water partition coefficient (Wildman–Crippen LogP) is 6.45. The van der Waals surface area contributed by atoms with Crippen molar-refractivity contribution in [3.05, 3.63) is 0 Å². The van der Waals surface area contributed by atoms with Crippen molar-refractivity contribution in [3.8, 4) is 0 Å². The largest absolute Gasteiger partial charge is 0.326 e. The quantitative estimate of drug-likeness (QED) is 0.104. The van der Waals surface area contributed by atoms with E-state index in [0.717, 1.165) is 65.8 Å². The summed E-state index contributed by atoms with van der Waals surface area (Å²) in [6.07, 6.45) is 29.2. The first-order chi connectivity index (χ1) is 24.5. The van der Waals surface area contributed by atoms with Gasteiger partial charge in [0.15, 0.2) is 0 Å². The summed E-state index contributed by atoms with van der Waals surface area (Å²) in [4.78, 5) is 0. The molecular weight excluding hydrogens is 625 g/mol. The summed E-state index contributed by atoms with van der Waals surface area (Å²) in [5.41, 5.74) is 23.7. The van der Waals surface area contributed by atoms with Gasteiger partial charge in [-0.3, -0.25) is 0 Å². The maximum atomic E-state index is 8.08. The Hall–Kier alpha value is -0.240. The Bertz CT molecular complexity index is 1290. The van der Waals surface area contributed by atoms with Gasteiger partial charge in [-0.25, -0.2) is 0 Å². The molecule has 13 aliphatic rings. The summed E-state index contributed by atoms with van der Waals surface area (Å²) >= 11 is 0. The first-order valence-electron chi connectivity index (χ1n) is 23.1. The molecule has 6 nitrogen and oxygen atoms in total. The summed E-state index contributed by atoms with van der Waals surface area (Å²) in [5, 5.41) is 12.9. The molecular formula is C45H76N6. The van der Waals surface area contributed by atoms with E-state index in [0.29, 0.717) is 41.3 Å². The van der Waals surface area contributed by atoms with Gasteiger partial charge in [0.25, 0.3) is 0 Å². The van der Waals surface area contributed by atoms with Crippen molar-refractivity contribution in [2.75, 3.05) is 6.54 Å². The highest BCUT2D eigenvalue weighted by Crippen LogP contribution is 2.69. The Balaban J connectivity index is 0.947. The van der Waals surface area contributed by atoms with E-state index in [2.05, 4.69) is 29.8 Å². The number of nitrogens with one attached hydrogen (secondary N) is 3. The molecule has 0 saturated heterocycles. The molecule has 286 valence electrons. The lowest BCUT2D eigenvalue weighted by Gasteiger charge is -2.67. The zero-order valence-corrected chi connectivity index (χ0v) is 32.6. The van der Waals surface area contributed by atoms with Crippen LogP contribution in [-0.4, -0.2) is 53.4 Å². The van der Waals surface area contributed by atoms with Gasteiger partial charge in [-0.1, -0.05) is 0 Å². The number of rotatable bonds is 17. The van der Waals surface area contributed by atoms with Crippen LogP contribution >= 0.6 is 0 Å². The number of hydrogen-bond donors (Lipinski definition) is 6. The Morgan fingerprint density at radius 2 is 1.25 bits per heavy atom. The molecule has 51 heavy (non-hydrogen) atoms. The minimum Gasteiger partial charge on any atom is -0.326 e. The highest BCUT2D eigenvalue weighted by molar-refractivity contribution is 5.22. The molecule has 13 saturated carbocycles. The summed E-state index contributed by atoms with van der Waals surface area (Å²) in [6, 6.07) is 2.54. The second-order valence-corrected chi connectivity index (χ2v) is 23.2. The first kappa shape index (κ1) is 34.0. The third-order valence-corrected chi connectivity index (χ3v) is 18.9. The van der Waals surface area contributed by atoms with E-state index < -0.39 is 0 Å². The van der Waals surface area contributed by atoms with E-state index >= 15 is 0 Å².